The number of carbonyl (C=O) groups is 2. The minimum absolute atomic E-state index is 0.0278. The molecule has 0 bridgehead atoms. The molecule has 2 aromatic heterocycles. The van der Waals surface area contributed by atoms with Crippen LogP contribution < -0.4 is 10.6 Å². The van der Waals surface area contributed by atoms with Gasteiger partial charge in [0.1, 0.15) is 17.9 Å². The smallest absolute Gasteiger partial charge is 0.232 e. The minimum atomic E-state index is -0.308. The van der Waals surface area contributed by atoms with Gasteiger partial charge in [-0.1, -0.05) is 54.9 Å². The summed E-state index contributed by atoms with van der Waals surface area (Å²) in [6.45, 7) is 26.1. The van der Waals surface area contributed by atoms with E-state index >= 15 is 0 Å². The molecule has 10 heteroatoms. The molecule has 2 aliphatic carbocycles. The van der Waals surface area contributed by atoms with E-state index < -0.39 is 0 Å². The predicted molar refractivity (Wildman–Crippen MR) is 206 cm³/mol. The molecule has 2 aliphatic heterocycles. The first-order valence-corrected chi connectivity index (χ1v) is 19.4. The summed E-state index contributed by atoms with van der Waals surface area (Å²) in [7, 11) is 1.91. The fourth-order valence-corrected chi connectivity index (χ4v) is 7.83. The van der Waals surface area contributed by atoms with Crippen LogP contribution in [0.2, 0.25) is 0 Å². The van der Waals surface area contributed by atoms with Gasteiger partial charge in [-0.15, -0.1) is 0 Å². The van der Waals surface area contributed by atoms with E-state index in [9.17, 15) is 9.59 Å². The Labute approximate surface area is 307 Å². The van der Waals surface area contributed by atoms with Crippen LogP contribution in [0.25, 0.3) is 0 Å². The highest BCUT2D eigenvalue weighted by Gasteiger charge is 2.71. The van der Waals surface area contributed by atoms with E-state index in [0.717, 1.165) is 97.1 Å². The molecule has 10 nitrogen and oxygen atoms in total. The number of hydrogen-bond donors (Lipinski definition) is 2. The van der Waals surface area contributed by atoms with Crippen LogP contribution in [0, 0.1) is 28.1 Å². The standard InChI is InChI=1S/C21H33N3O2.C13H21N3O.C7H12O/c1-6-15-13-22-18(12-16(15)14-24-8-10-26-11-9-24)23-19(25)21(5)17(7-2)20(21,3)4;1-3-11-9-15-13(14-2)8-12(11)10-16-4-6-17-7-5-16;1-7(2,5-8)6-3-4-6/h12-13,17H,6-11,14H2,1-5H3,(H,22,23,25);8-9H,3-7,10H2,1-2H3,(H,14,15);5-6H,3-4H2,1-2H3. The lowest BCUT2D eigenvalue weighted by atomic mass is 9.90. The van der Waals surface area contributed by atoms with E-state index in [-0.39, 0.29) is 22.2 Å². The Balaban J connectivity index is 0.000000198. The van der Waals surface area contributed by atoms with Crippen LogP contribution >= 0.6 is 0 Å². The average molecular weight is 707 g/mol. The van der Waals surface area contributed by atoms with Gasteiger partial charge in [0.15, 0.2) is 0 Å². The van der Waals surface area contributed by atoms with Crippen LogP contribution in [0.15, 0.2) is 24.5 Å². The number of pyridine rings is 2. The molecule has 2 unspecified atom stereocenters. The molecule has 2 atom stereocenters. The molecule has 0 spiro atoms. The highest BCUT2D eigenvalue weighted by atomic mass is 16.5. The van der Waals surface area contributed by atoms with Gasteiger partial charge in [-0.25, -0.2) is 9.97 Å². The van der Waals surface area contributed by atoms with E-state index in [2.05, 4.69) is 84.1 Å². The zero-order valence-electron chi connectivity index (χ0n) is 33.1. The number of hydrogen-bond acceptors (Lipinski definition) is 9. The summed E-state index contributed by atoms with van der Waals surface area (Å²) in [6.07, 6.45) is 10.5. The molecule has 2 saturated heterocycles. The molecule has 6 rings (SSSR count). The number of anilines is 2. The third-order valence-corrected chi connectivity index (χ3v) is 12.1. The van der Waals surface area contributed by atoms with Crippen molar-refractivity contribution in [2.45, 2.75) is 101 Å². The Hall–Kier alpha value is -2.92. The molecule has 2 N–H and O–H groups in total. The van der Waals surface area contributed by atoms with Crippen molar-refractivity contribution in [2.24, 2.45) is 28.1 Å². The van der Waals surface area contributed by atoms with Crippen molar-refractivity contribution in [3.63, 3.8) is 0 Å². The molecule has 284 valence electrons. The van der Waals surface area contributed by atoms with Crippen LogP contribution in [0.3, 0.4) is 0 Å². The van der Waals surface area contributed by atoms with Gasteiger partial charge in [-0.05, 0) is 84.2 Å². The van der Waals surface area contributed by atoms with Crippen molar-refractivity contribution in [1.29, 1.82) is 0 Å². The lowest BCUT2D eigenvalue weighted by molar-refractivity contribution is -0.122. The summed E-state index contributed by atoms with van der Waals surface area (Å²) < 4.78 is 10.8. The SMILES string of the molecule is CC(C)(C=O)C1CC1.CCc1cnc(NC(=O)C2(C)C(CC)C2(C)C)cc1CN1CCOCC1.CCc1cnc(NC)cc1CN1CCOCC1. The van der Waals surface area contributed by atoms with Crippen LogP contribution in [0.4, 0.5) is 11.6 Å². The van der Waals surface area contributed by atoms with Gasteiger partial charge in [-0.3, -0.25) is 14.6 Å². The number of amides is 1. The third kappa shape index (κ3) is 10.4. The fourth-order valence-electron chi connectivity index (χ4n) is 7.83. The maximum atomic E-state index is 13.0. The summed E-state index contributed by atoms with van der Waals surface area (Å²) in [5.74, 6) is 2.85. The number of ether oxygens (including phenoxy) is 2. The predicted octanol–water partition coefficient (Wildman–Crippen LogP) is 6.63. The highest BCUT2D eigenvalue weighted by molar-refractivity contribution is 5.97. The van der Waals surface area contributed by atoms with Crippen molar-refractivity contribution < 1.29 is 19.1 Å². The maximum Gasteiger partial charge on any atom is 0.232 e. The number of carbonyl (C=O) groups excluding carboxylic acids is 2. The first-order valence-electron chi connectivity index (χ1n) is 19.4. The number of nitrogens with zero attached hydrogens (tertiary/aromatic N) is 4. The lowest BCUT2D eigenvalue weighted by Crippen LogP contribution is -2.36. The van der Waals surface area contributed by atoms with Crippen LogP contribution in [0.1, 0.15) is 96.9 Å². The maximum absolute atomic E-state index is 13.0. The van der Waals surface area contributed by atoms with Gasteiger partial charge >= 0.3 is 0 Å². The summed E-state index contributed by atoms with van der Waals surface area (Å²) in [5.41, 5.74) is 4.94. The molecule has 2 saturated carbocycles. The van der Waals surface area contributed by atoms with Crippen molar-refractivity contribution in [3.05, 3.63) is 46.8 Å². The molecule has 4 fully saturated rings. The summed E-state index contributed by atoms with van der Waals surface area (Å²) in [5, 5.41) is 6.20. The number of aromatic nitrogens is 2. The molecule has 51 heavy (non-hydrogen) atoms. The van der Waals surface area contributed by atoms with Crippen LogP contribution in [-0.2, 0) is 45.0 Å². The molecular weight excluding hydrogens is 640 g/mol. The Morgan fingerprint density at radius 2 is 1.31 bits per heavy atom. The zero-order chi connectivity index (χ0) is 37.2. The van der Waals surface area contributed by atoms with E-state index in [4.69, 9.17) is 9.47 Å². The molecule has 2 aromatic rings. The summed E-state index contributed by atoms with van der Waals surface area (Å²) in [4.78, 5) is 37.0. The van der Waals surface area contributed by atoms with Gasteiger partial charge in [0.2, 0.25) is 5.91 Å². The average Bonchev–Trinajstić information content (AvgIpc) is 4.06. The summed E-state index contributed by atoms with van der Waals surface area (Å²) in [6, 6.07) is 4.22. The van der Waals surface area contributed by atoms with Crippen molar-refractivity contribution in [1.82, 2.24) is 19.8 Å². The van der Waals surface area contributed by atoms with Crippen LogP contribution in [-0.4, -0.2) is 91.6 Å². The zero-order valence-corrected chi connectivity index (χ0v) is 33.1. The third-order valence-electron chi connectivity index (χ3n) is 12.1. The van der Waals surface area contributed by atoms with Gasteiger partial charge in [-0.2, -0.15) is 0 Å². The Bertz CT molecular complexity index is 1430. The molecule has 1 amide bonds. The topological polar surface area (TPSA) is 109 Å². The Kier molecular flexibility index (Phi) is 14.6. The van der Waals surface area contributed by atoms with Gasteiger partial charge in [0.05, 0.1) is 31.8 Å². The van der Waals surface area contributed by atoms with E-state index in [1.54, 1.807) is 0 Å². The van der Waals surface area contributed by atoms with E-state index in [1.807, 2.05) is 33.3 Å². The second-order valence-corrected chi connectivity index (χ2v) is 16.0. The molecule has 0 aromatic carbocycles. The molecule has 0 radical (unpaired) electrons. The van der Waals surface area contributed by atoms with Crippen molar-refractivity contribution >= 4 is 23.8 Å². The van der Waals surface area contributed by atoms with Gasteiger partial charge < -0.3 is 24.9 Å². The van der Waals surface area contributed by atoms with Crippen molar-refractivity contribution in [3.8, 4) is 0 Å². The lowest BCUT2D eigenvalue weighted by Gasteiger charge is -2.27. The van der Waals surface area contributed by atoms with E-state index in [1.165, 1.54) is 35.1 Å². The monoisotopic (exact) mass is 707 g/mol. The number of morpholine rings is 2. The van der Waals surface area contributed by atoms with Crippen LogP contribution in [0.5, 0.6) is 0 Å². The quantitative estimate of drug-likeness (QED) is 0.235. The van der Waals surface area contributed by atoms with E-state index in [0.29, 0.717) is 17.7 Å². The number of nitrogens with one attached hydrogen (secondary N) is 2. The Morgan fingerprint density at radius 1 is 0.843 bits per heavy atom. The molecule has 4 aliphatic rings. The molecular formula is C41H66N6O4. The Morgan fingerprint density at radius 3 is 1.69 bits per heavy atom. The largest absolute Gasteiger partial charge is 0.379 e. The number of aldehydes is 1. The number of rotatable bonds is 12. The van der Waals surface area contributed by atoms with Crippen molar-refractivity contribution in [2.75, 3.05) is 70.3 Å². The first kappa shape index (κ1) is 40.8. The second-order valence-electron chi connectivity index (χ2n) is 16.0. The summed E-state index contributed by atoms with van der Waals surface area (Å²) >= 11 is 0. The highest BCUT2D eigenvalue weighted by Crippen LogP contribution is 2.70. The molecule has 4 heterocycles. The number of aryl methyl sites for hydroxylation is 2. The normalized spacial score (nSPS) is 23.2. The minimum Gasteiger partial charge on any atom is -0.379 e. The van der Waals surface area contributed by atoms with Gasteiger partial charge in [0.25, 0.3) is 0 Å². The van der Waals surface area contributed by atoms with Gasteiger partial charge in [0, 0.05) is 64.1 Å². The fraction of sp³-hybridized carbons (Fsp3) is 0.707. The second kappa shape index (κ2) is 18.2. The first-order chi connectivity index (χ1) is 24.3.